The van der Waals surface area contributed by atoms with E-state index in [0.29, 0.717) is 18.9 Å². The maximum atomic E-state index is 11.9. The van der Waals surface area contributed by atoms with Gasteiger partial charge >= 0.3 is 0 Å². The molecule has 0 aliphatic carbocycles. The van der Waals surface area contributed by atoms with Gasteiger partial charge in [0.25, 0.3) is 0 Å². The van der Waals surface area contributed by atoms with Gasteiger partial charge in [0.1, 0.15) is 6.26 Å². The molecule has 1 aromatic rings. The molecule has 6 nitrogen and oxygen atoms in total. The van der Waals surface area contributed by atoms with E-state index in [0.717, 1.165) is 31.6 Å². The average molecular weight is 287 g/mol. The Morgan fingerprint density at radius 3 is 2.84 bits per heavy atom. The summed E-state index contributed by atoms with van der Waals surface area (Å²) in [5.74, 6) is 1.10. The molecule has 0 radical (unpaired) electrons. The highest BCUT2D eigenvalue weighted by Gasteiger charge is 2.20. The first-order chi connectivity index (χ1) is 9.05. The lowest BCUT2D eigenvalue weighted by molar-refractivity contribution is 0.400. The van der Waals surface area contributed by atoms with Crippen molar-refractivity contribution >= 4 is 10.0 Å². The minimum atomic E-state index is -3.18. The van der Waals surface area contributed by atoms with Crippen LogP contribution in [0.15, 0.2) is 10.7 Å². The van der Waals surface area contributed by atoms with E-state index in [4.69, 9.17) is 4.42 Å². The second-order valence-electron chi connectivity index (χ2n) is 4.98. The Morgan fingerprint density at radius 1 is 1.47 bits per heavy atom. The Balaban J connectivity index is 1.74. The quantitative estimate of drug-likeness (QED) is 0.793. The molecular formula is C12H21N3O3S. The normalized spacial score (nSPS) is 17.7. The van der Waals surface area contributed by atoms with E-state index in [-0.39, 0.29) is 11.7 Å². The first-order valence-corrected chi connectivity index (χ1v) is 8.29. The highest BCUT2D eigenvalue weighted by Crippen LogP contribution is 2.13. The smallest absolute Gasteiger partial charge is 0.211 e. The zero-order chi connectivity index (χ0) is 13.7. The molecule has 19 heavy (non-hydrogen) atoms. The van der Waals surface area contributed by atoms with Gasteiger partial charge in [0.2, 0.25) is 10.0 Å². The molecule has 0 spiro atoms. The SMILES string of the molecule is Cc1nc(CCNS(=O)(=O)CC2CCNCC2)co1. The topological polar surface area (TPSA) is 84.2 Å². The number of nitrogens with zero attached hydrogens (tertiary/aromatic N) is 1. The predicted octanol–water partition coefficient (Wildman–Crippen LogP) is 0.445. The summed E-state index contributed by atoms with van der Waals surface area (Å²) in [6.07, 6.45) is 3.99. The standard InChI is InChI=1S/C12H21N3O3S/c1-10-15-12(8-18-10)4-7-14-19(16,17)9-11-2-5-13-6-3-11/h8,11,13-14H,2-7,9H2,1H3. The zero-order valence-corrected chi connectivity index (χ0v) is 12.0. The summed E-state index contributed by atoms with van der Waals surface area (Å²) >= 11 is 0. The molecule has 0 atom stereocenters. The number of rotatable bonds is 6. The molecule has 0 bridgehead atoms. The van der Waals surface area contributed by atoms with Crippen molar-refractivity contribution in [3.8, 4) is 0 Å². The van der Waals surface area contributed by atoms with Crippen LogP contribution in [0.2, 0.25) is 0 Å². The van der Waals surface area contributed by atoms with Gasteiger partial charge in [-0.15, -0.1) is 0 Å². The number of aryl methyl sites for hydroxylation is 1. The molecule has 0 saturated carbocycles. The van der Waals surface area contributed by atoms with Gasteiger partial charge in [0, 0.05) is 19.9 Å². The molecule has 1 fully saturated rings. The number of hydrogen-bond acceptors (Lipinski definition) is 5. The van der Waals surface area contributed by atoms with Crippen LogP contribution in [0.1, 0.15) is 24.4 Å². The third kappa shape index (κ3) is 4.93. The van der Waals surface area contributed by atoms with Crippen LogP contribution in [-0.2, 0) is 16.4 Å². The maximum Gasteiger partial charge on any atom is 0.211 e. The van der Waals surface area contributed by atoms with Crippen molar-refractivity contribution in [1.82, 2.24) is 15.0 Å². The molecule has 1 aliphatic heterocycles. The minimum Gasteiger partial charge on any atom is -0.449 e. The Bertz CT molecular complexity index is 492. The van der Waals surface area contributed by atoms with Crippen molar-refractivity contribution in [2.24, 2.45) is 5.92 Å². The Labute approximate surface area is 114 Å². The van der Waals surface area contributed by atoms with Crippen molar-refractivity contribution in [1.29, 1.82) is 0 Å². The van der Waals surface area contributed by atoms with Gasteiger partial charge in [-0.05, 0) is 31.8 Å². The second kappa shape index (κ2) is 6.49. The first-order valence-electron chi connectivity index (χ1n) is 6.64. The minimum absolute atomic E-state index is 0.229. The van der Waals surface area contributed by atoms with Gasteiger partial charge in [-0.2, -0.15) is 0 Å². The van der Waals surface area contributed by atoms with Gasteiger partial charge in [-0.25, -0.2) is 18.1 Å². The van der Waals surface area contributed by atoms with E-state index < -0.39 is 10.0 Å². The molecule has 1 saturated heterocycles. The lowest BCUT2D eigenvalue weighted by Gasteiger charge is -2.22. The van der Waals surface area contributed by atoms with Crippen molar-refractivity contribution in [3.63, 3.8) is 0 Å². The third-order valence-corrected chi connectivity index (χ3v) is 4.84. The summed E-state index contributed by atoms with van der Waals surface area (Å²) in [4.78, 5) is 4.14. The van der Waals surface area contributed by atoms with Crippen LogP contribution in [0, 0.1) is 12.8 Å². The van der Waals surface area contributed by atoms with Crippen LogP contribution >= 0.6 is 0 Å². The molecule has 1 aliphatic rings. The Kier molecular flexibility index (Phi) is 4.95. The van der Waals surface area contributed by atoms with E-state index in [2.05, 4.69) is 15.0 Å². The fraction of sp³-hybridized carbons (Fsp3) is 0.750. The fourth-order valence-corrected chi connectivity index (χ4v) is 3.76. The van der Waals surface area contributed by atoms with Crippen molar-refractivity contribution in [3.05, 3.63) is 17.8 Å². The van der Waals surface area contributed by atoms with E-state index >= 15 is 0 Å². The van der Waals surface area contributed by atoms with Crippen LogP contribution in [0.25, 0.3) is 0 Å². The zero-order valence-electron chi connectivity index (χ0n) is 11.2. The average Bonchev–Trinajstić information content (AvgIpc) is 2.75. The van der Waals surface area contributed by atoms with Gasteiger partial charge in [-0.1, -0.05) is 0 Å². The van der Waals surface area contributed by atoms with Crippen LogP contribution in [0.5, 0.6) is 0 Å². The molecule has 1 aromatic heterocycles. The van der Waals surface area contributed by atoms with Crippen LogP contribution < -0.4 is 10.0 Å². The molecule has 2 rings (SSSR count). The van der Waals surface area contributed by atoms with Crippen molar-refractivity contribution in [2.45, 2.75) is 26.2 Å². The summed E-state index contributed by atoms with van der Waals surface area (Å²) in [6, 6.07) is 0. The van der Waals surface area contributed by atoms with Crippen molar-refractivity contribution < 1.29 is 12.8 Å². The van der Waals surface area contributed by atoms with Gasteiger partial charge in [-0.3, -0.25) is 0 Å². The summed E-state index contributed by atoms with van der Waals surface area (Å²) in [5, 5.41) is 3.23. The summed E-state index contributed by atoms with van der Waals surface area (Å²) in [5.41, 5.74) is 0.780. The lowest BCUT2D eigenvalue weighted by Crippen LogP contribution is -2.36. The fourth-order valence-electron chi connectivity index (χ4n) is 2.28. The molecule has 0 aromatic carbocycles. The maximum absolute atomic E-state index is 11.9. The van der Waals surface area contributed by atoms with Crippen LogP contribution in [0.4, 0.5) is 0 Å². The molecule has 2 N–H and O–H groups in total. The Morgan fingerprint density at radius 2 is 2.21 bits per heavy atom. The molecule has 0 unspecified atom stereocenters. The number of nitrogens with one attached hydrogen (secondary N) is 2. The van der Waals surface area contributed by atoms with Crippen molar-refractivity contribution in [2.75, 3.05) is 25.4 Å². The van der Waals surface area contributed by atoms with E-state index in [1.807, 2.05) is 0 Å². The second-order valence-corrected chi connectivity index (χ2v) is 6.83. The molecular weight excluding hydrogens is 266 g/mol. The number of aromatic nitrogens is 1. The van der Waals surface area contributed by atoms with E-state index in [1.165, 1.54) is 0 Å². The van der Waals surface area contributed by atoms with E-state index in [1.54, 1.807) is 13.2 Å². The molecule has 108 valence electrons. The monoisotopic (exact) mass is 287 g/mol. The number of oxazole rings is 1. The first kappa shape index (κ1) is 14.5. The lowest BCUT2D eigenvalue weighted by atomic mass is 10.0. The predicted molar refractivity (Wildman–Crippen MR) is 72.3 cm³/mol. The highest BCUT2D eigenvalue weighted by molar-refractivity contribution is 7.89. The van der Waals surface area contributed by atoms with Gasteiger partial charge in [0.05, 0.1) is 11.4 Å². The van der Waals surface area contributed by atoms with Crippen LogP contribution in [-0.4, -0.2) is 38.8 Å². The van der Waals surface area contributed by atoms with E-state index in [9.17, 15) is 8.42 Å². The highest BCUT2D eigenvalue weighted by atomic mass is 32.2. The number of hydrogen-bond donors (Lipinski definition) is 2. The summed E-state index contributed by atoms with van der Waals surface area (Å²) in [6.45, 7) is 3.97. The Hall–Kier alpha value is -0.920. The molecule has 0 amide bonds. The van der Waals surface area contributed by atoms with Gasteiger partial charge < -0.3 is 9.73 Å². The third-order valence-electron chi connectivity index (χ3n) is 3.28. The summed E-state index contributed by atoms with van der Waals surface area (Å²) in [7, 11) is -3.18. The number of piperidine rings is 1. The van der Waals surface area contributed by atoms with Gasteiger partial charge in [0.15, 0.2) is 5.89 Å². The van der Waals surface area contributed by atoms with Crippen LogP contribution in [0.3, 0.4) is 0 Å². The largest absolute Gasteiger partial charge is 0.449 e. The molecule has 7 heteroatoms. The number of sulfonamides is 1. The molecule has 2 heterocycles. The summed E-state index contributed by atoms with van der Waals surface area (Å²) < 4.78 is 31.5.